The average molecular weight is 307 g/mol. The smallest absolute Gasteiger partial charge is 0.291 e. The Morgan fingerprint density at radius 3 is 2.65 bits per heavy atom. The predicted octanol–water partition coefficient (Wildman–Crippen LogP) is 3.92. The predicted molar refractivity (Wildman–Crippen MR) is 91.0 cm³/mol. The fraction of sp³-hybridized carbons (Fsp3) is 0.158. The Bertz CT molecular complexity index is 941. The maximum atomic E-state index is 12.3. The lowest BCUT2D eigenvalue weighted by atomic mass is 10.1. The molecule has 0 atom stereocenters. The van der Waals surface area contributed by atoms with Crippen LogP contribution in [0.1, 0.15) is 28.6 Å². The Morgan fingerprint density at radius 1 is 1.13 bits per heavy atom. The van der Waals surface area contributed by atoms with Crippen molar-refractivity contribution in [2.75, 3.05) is 5.32 Å². The number of rotatable bonds is 3. The number of anilines is 1. The maximum Gasteiger partial charge on any atom is 0.291 e. The molecule has 3 aromatic rings. The second-order valence-corrected chi connectivity index (χ2v) is 5.43. The van der Waals surface area contributed by atoms with Crippen LogP contribution in [0.2, 0.25) is 0 Å². The molecule has 2 aromatic carbocycles. The molecule has 4 heteroatoms. The van der Waals surface area contributed by atoms with E-state index in [0.717, 1.165) is 17.5 Å². The molecule has 0 bridgehead atoms. The first-order valence-corrected chi connectivity index (χ1v) is 7.52. The highest BCUT2D eigenvalue weighted by Gasteiger charge is 2.13. The number of hydrogen-bond acceptors (Lipinski definition) is 3. The summed E-state index contributed by atoms with van der Waals surface area (Å²) in [6, 6.07) is 14.1. The van der Waals surface area contributed by atoms with E-state index in [4.69, 9.17) is 4.42 Å². The minimum Gasteiger partial charge on any atom is -0.451 e. The van der Waals surface area contributed by atoms with Gasteiger partial charge in [-0.15, -0.1) is 0 Å². The van der Waals surface area contributed by atoms with Gasteiger partial charge in [-0.3, -0.25) is 9.59 Å². The highest BCUT2D eigenvalue weighted by Crippen LogP contribution is 2.18. The van der Waals surface area contributed by atoms with Crippen molar-refractivity contribution in [3.8, 4) is 0 Å². The minimum absolute atomic E-state index is 0.00926. The Morgan fingerprint density at radius 2 is 1.91 bits per heavy atom. The minimum atomic E-state index is -0.433. The van der Waals surface area contributed by atoms with Gasteiger partial charge in [0.2, 0.25) is 0 Å². The molecular weight excluding hydrogens is 290 g/mol. The number of carbonyl (C=O) groups is 1. The standard InChI is InChI=1S/C19H17NO3/c1-3-13-8-9-17-14(10-13)16(21)11-18(23-17)19(22)20-15-7-5-4-6-12(15)2/h4-11H,3H2,1-2H3,(H,20,22). The van der Waals surface area contributed by atoms with Crippen LogP contribution in [0.4, 0.5) is 5.69 Å². The van der Waals surface area contributed by atoms with E-state index in [2.05, 4.69) is 5.32 Å². The molecule has 0 unspecified atom stereocenters. The molecule has 4 nitrogen and oxygen atoms in total. The number of nitrogens with one attached hydrogen (secondary N) is 1. The largest absolute Gasteiger partial charge is 0.451 e. The van der Waals surface area contributed by atoms with Crippen molar-refractivity contribution >= 4 is 22.6 Å². The molecule has 0 aliphatic rings. The van der Waals surface area contributed by atoms with Gasteiger partial charge >= 0.3 is 0 Å². The third-order valence-corrected chi connectivity index (χ3v) is 3.82. The summed E-state index contributed by atoms with van der Waals surface area (Å²) >= 11 is 0. The Kier molecular flexibility index (Phi) is 3.98. The van der Waals surface area contributed by atoms with Gasteiger partial charge in [0.05, 0.1) is 5.39 Å². The zero-order valence-electron chi connectivity index (χ0n) is 13.1. The molecule has 1 aromatic heterocycles. The molecule has 0 aliphatic heterocycles. The number of fused-ring (bicyclic) bond motifs is 1. The first-order valence-electron chi connectivity index (χ1n) is 7.52. The molecule has 0 radical (unpaired) electrons. The van der Waals surface area contributed by atoms with E-state index < -0.39 is 5.91 Å². The molecule has 1 N–H and O–H groups in total. The van der Waals surface area contributed by atoms with Crippen molar-refractivity contribution < 1.29 is 9.21 Å². The fourth-order valence-corrected chi connectivity index (χ4v) is 2.43. The van der Waals surface area contributed by atoms with Gasteiger partial charge in [-0.25, -0.2) is 0 Å². The van der Waals surface area contributed by atoms with Crippen LogP contribution in [0.3, 0.4) is 0 Å². The molecule has 23 heavy (non-hydrogen) atoms. The lowest BCUT2D eigenvalue weighted by Crippen LogP contribution is -2.15. The topological polar surface area (TPSA) is 59.3 Å². The molecule has 0 spiro atoms. The third kappa shape index (κ3) is 3.01. The van der Waals surface area contributed by atoms with Crippen LogP contribution in [0, 0.1) is 6.92 Å². The van der Waals surface area contributed by atoms with Gasteiger partial charge in [0, 0.05) is 11.8 Å². The lowest BCUT2D eigenvalue weighted by Gasteiger charge is -2.08. The van der Waals surface area contributed by atoms with Gasteiger partial charge in [0.25, 0.3) is 5.91 Å². The quantitative estimate of drug-likeness (QED) is 0.798. The number of benzene rings is 2. The summed E-state index contributed by atoms with van der Waals surface area (Å²) in [5, 5.41) is 3.27. The van der Waals surface area contributed by atoms with Crippen LogP contribution in [0.5, 0.6) is 0 Å². The van der Waals surface area contributed by atoms with Crippen molar-refractivity contribution in [2.45, 2.75) is 20.3 Å². The zero-order valence-corrected chi connectivity index (χ0v) is 13.1. The van der Waals surface area contributed by atoms with Gasteiger partial charge in [0.15, 0.2) is 11.2 Å². The summed E-state index contributed by atoms with van der Waals surface area (Å²) in [5.41, 5.74) is 2.90. The highest BCUT2D eigenvalue weighted by molar-refractivity contribution is 6.03. The Hall–Kier alpha value is -2.88. The van der Waals surface area contributed by atoms with Gasteiger partial charge in [-0.1, -0.05) is 31.2 Å². The molecule has 1 amide bonds. The number of carbonyl (C=O) groups excluding carboxylic acids is 1. The number of amides is 1. The molecular formula is C19H17NO3. The number of para-hydroxylation sites is 1. The van der Waals surface area contributed by atoms with Crippen LogP contribution < -0.4 is 10.7 Å². The van der Waals surface area contributed by atoms with Gasteiger partial charge in [0.1, 0.15) is 5.58 Å². The first-order chi connectivity index (χ1) is 11.1. The van der Waals surface area contributed by atoms with Crippen LogP contribution in [0.15, 0.2) is 57.7 Å². The molecule has 0 fully saturated rings. The molecule has 0 saturated carbocycles. The average Bonchev–Trinajstić information content (AvgIpc) is 2.56. The zero-order chi connectivity index (χ0) is 16.4. The third-order valence-electron chi connectivity index (χ3n) is 3.82. The van der Waals surface area contributed by atoms with E-state index in [0.29, 0.717) is 16.7 Å². The molecule has 1 heterocycles. The maximum absolute atomic E-state index is 12.3. The van der Waals surface area contributed by atoms with E-state index in [9.17, 15) is 9.59 Å². The normalized spacial score (nSPS) is 10.7. The van der Waals surface area contributed by atoms with E-state index in [1.807, 2.05) is 44.2 Å². The van der Waals surface area contributed by atoms with Crippen LogP contribution >= 0.6 is 0 Å². The lowest BCUT2D eigenvalue weighted by molar-refractivity contribution is 0.0997. The van der Waals surface area contributed by atoms with Crippen LogP contribution in [-0.2, 0) is 6.42 Å². The van der Waals surface area contributed by atoms with E-state index in [1.54, 1.807) is 12.1 Å². The molecule has 0 saturated heterocycles. The van der Waals surface area contributed by atoms with Crippen molar-refractivity contribution in [2.24, 2.45) is 0 Å². The summed E-state index contributed by atoms with van der Waals surface area (Å²) in [7, 11) is 0. The van der Waals surface area contributed by atoms with E-state index in [-0.39, 0.29) is 11.2 Å². The van der Waals surface area contributed by atoms with Crippen molar-refractivity contribution in [1.82, 2.24) is 0 Å². The van der Waals surface area contributed by atoms with Crippen molar-refractivity contribution in [3.63, 3.8) is 0 Å². The van der Waals surface area contributed by atoms with Crippen molar-refractivity contribution in [3.05, 3.63) is 75.6 Å². The molecule has 116 valence electrons. The van der Waals surface area contributed by atoms with E-state index >= 15 is 0 Å². The summed E-state index contributed by atoms with van der Waals surface area (Å²) < 4.78 is 5.60. The highest BCUT2D eigenvalue weighted by atomic mass is 16.3. The fourth-order valence-electron chi connectivity index (χ4n) is 2.43. The first kappa shape index (κ1) is 15.0. The van der Waals surface area contributed by atoms with Crippen molar-refractivity contribution in [1.29, 1.82) is 0 Å². The number of aryl methyl sites for hydroxylation is 2. The monoisotopic (exact) mass is 307 g/mol. The van der Waals surface area contributed by atoms with E-state index in [1.165, 1.54) is 6.07 Å². The van der Waals surface area contributed by atoms with Gasteiger partial charge in [-0.2, -0.15) is 0 Å². The van der Waals surface area contributed by atoms with Gasteiger partial charge in [-0.05, 0) is 42.7 Å². The summed E-state index contributed by atoms with van der Waals surface area (Å²) in [6.45, 7) is 3.92. The SMILES string of the molecule is CCc1ccc2oc(C(=O)Nc3ccccc3C)cc(=O)c2c1. The second kappa shape index (κ2) is 6.08. The molecule has 3 rings (SSSR count). The summed E-state index contributed by atoms with van der Waals surface area (Å²) in [6.07, 6.45) is 0.838. The summed E-state index contributed by atoms with van der Waals surface area (Å²) in [5.74, 6) is -0.423. The Labute approximate surface area is 133 Å². The summed E-state index contributed by atoms with van der Waals surface area (Å²) in [4.78, 5) is 24.6. The second-order valence-electron chi connectivity index (χ2n) is 5.43. The van der Waals surface area contributed by atoms with Crippen LogP contribution in [0.25, 0.3) is 11.0 Å². The Balaban J connectivity index is 1.98. The van der Waals surface area contributed by atoms with Crippen LogP contribution in [-0.4, -0.2) is 5.91 Å². The number of hydrogen-bond donors (Lipinski definition) is 1. The van der Waals surface area contributed by atoms with Gasteiger partial charge < -0.3 is 9.73 Å². The molecule has 0 aliphatic carbocycles.